The molecule has 1 heterocycles. The zero-order valence-corrected chi connectivity index (χ0v) is 15.7. The zero-order valence-electron chi connectivity index (χ0n) is 15.7. The molecule has 3 rings (SSSR count). The van der Waals surface area contributed by atoms with E-state index in [0.717, 1.165) is 11.3 Å². The summed E-state index contributed by atoms with van der Waals surface area (Å²) in [6, 6.07) is 9.32. The summed E-state index contributed by atoms with van der Waals surface area (Å²) in [4.78, 5) is 24.7. The van der Waals surface area contributed by atoms with Crippen LogP contribution in [0.5, 0.6) is 5.75 Å². The first-order chi connectivity index (χ1) is 13.0. The molecule has 0 aliphatic heterocycles. The van der Waals surface area contributed by atoms with Crippen molar-refractivity contribution in [1.29, 1.82) is 0 Å². The minimum Gasteiger partial charge on any atom is -0.497 e. The second-order valence-corrected chi connectivity index (χ2v) is 6.93. The summed E-state index contributed by atoms with van der Waals surface area (Å²) >= 11 is 0. The molecule has 0 bridgehead atoms. The maximum atomic E-state index is 12.4. The Balaban J connectivity index is 1.42. The molecule has 0 radical (unpaired) electrons. The Hall–Kier alpha value is -2.83. The number of carbonyl (C=O) groups excluding carboxylic acids is 2. The van der Waals surface area contributed by atoms with Gasteiger partial charge in [0.15, 0.2) is 5.82 Å². The van der Waals surface area contributed by atoms with Crippen molar-refractivity contribution in [3.05, 3.63) is 41.7 Å². The Labute approximate surface area is 158 Å². The van der Waals surface area contributed by atoms with Crippen LogP contribution >= 0.6 is 0 Å². The SMILES string of the molecule is COc1ccc(CNC(=O)C2CCC(C(=O)Nc3cc(C)on3)CC2)cc1. The standard InChI is InChI=1S/C20H25N3O4/c1-13-11-18(23-27-13)22-20(25)16-7-5-15(6-8-16)19(24)21-12-14-3-9-17(26-2)10-4-14/h3-4,9-11,15-16H,5-8,12H2,1-2H3,(H,21,24)(H,22,23,25). The molecule has 1 saturated carbocycles. The number of nitrogens with one attached hydrogen (secondary N) is 2. The van der Waals surface area contributed by atoms with E-state index in [2.05, 4.69) is 15.8 Å². The van der Waals surface area contributed by atoms with E-state index in [-0.39, 0.29) is 23.7 Å². The number of hydrogen-bond donors (Lipinski definition) is 2. The van der Waals surface area contributed by atoms with Gasteiger partial charge >= 0.3 is 0 Å². The fourth-order valence-corrected chi connectivity index (χ4v) is 3.35. The highest BCUT2D eigenvalue weighted by Gasteiger charge is 2.30. The number of ether oxygens (including phenoxy) is 1. The smallest absolute Gasteiger partial charge is 0.228 e. The quantitative estimate of drug-likeness (QED) is 0.814. The van der Waals surface area contributed by atoms with Gasteiger partial charge in [0.2, 0.25) is 11.8 Å². The van der Waals surface area contributed by atoms with Crippen LogP contribution in [0, 0.1) is 18.8 Å². The Morgan fingerprint density at radius 2 is 1.74 bits per heavy atom. The number of hydrogen-bond acceptors (Lipinski definition) is 5. The maximum absolute atomic E-state index is 12.4. The van der Waals surface area contributed by atoms with E-state index in [4.69, 9.17) is 9.26 Å². The van der Waals surface area contributed by atoms with Crippen molar-refractivity contribution in [3.63, 3.8) is 0 Å². The lowest BCUT2D eigenvalue weighted by Gasteiger charge is -2.26. The molecule has 0 saturated heterocycles. The predicted molar refractivity (Wildman–Crippen MR) is 100 cm³/mol. The van der Waals surface area contributed by atoms with Crippen LogP contribution in [-0.2, 0) is 16.1 Å². The van der Waals surface area contributed by atoms with E-state index >= 15 is 0 Å². The lowest BCUT2D eigenvalue weighted by atomic mass is 9.81. The lowest BCUT2D eigenvalue weighted by Crippen LogP contribution is -2.35. The van der Waals surface area contributed by atoms with Crippen molar-refractivity contribution < 1.29 is 18.8 Å². The van der Waals surface area contributed by atoms with Gasteiger partial charge in [0, 0.05) is 24.4 Å². The minimum atomic E-state index is -0.0901. The number of benzene rings is 1. The monoisotopic (exact) mass is 371 g/mol. The van der Waals surface area contributed by atoms with Gasteiger partial charge in [0.1, 0.15) is 11.5 Å². The third kappa shape index (κ3) is 5.09. The Kier molecular flexibility index (Phi) is 6.11. The molecule has 1 aliphatic carbocycles. The molecule has 0 spiro atoms. The second kappa shape index (κ2) is 8.70. The van der Waals surface area contributed by atoms with Gasteiger partial charge < -0.3 is 19.9 Å². The molecule has 2 N–H and O–H groups in total. The summed E-state index contributed by atoms with van der Waals surface area (Å²) in [6.45, 7) is 2.27. The van der Waals surface area contributed by atoms with Crippen LogP contribution < -0.4 is 15.4 Å². The highest BCUT2D eigenvalue weighted by Crippen LogP contribution is 2.30. The van der Waals surface area contributed by atoms with E-state index in [0.29, 0.717) is 43.8 Å². The fraction of sp³-hybridized carbons (Fsp3) is 0.450. The molecule has 2 amide bonds. The molecule has 1 aromatic carbocycles. The van der Waals surface area contributed by atoms with Gasteiger partial charge in [-0.2, -0.15) is 0 Å². The number of amides is 2. The average molecular weight is 371 g/mol. The summed E-state index contributed by atoms with van der Waals surface area (Å²) < 4.78 is 10.1. The Bertz CT molecular complexity index is 777. The molecule has 7 nitrogen and oxygen atoms in total. The largest absolute Gasteiger partial charge is 0.497 e. The molecule has 27 heavy (non-hydrogen) atoms. The highest BCUT2D eigenvalue weighted by atomic mass is 16.5. The van der Waals surface area contributed by atoms with E-state index in [1.165, 1.54) is 0 Å². The molecular formula is C20H25N3O4. The Morgan fingerprint density at radius 1 is 1.11 bits per heavy atom. The van der Waals surface area contributed by atoms with Crippen LogP contribution in [0.3, 0.4) is 0 Å². The third-order valence-corrected chi connectivity index (χ3v) is 4.97. The van der Waals surface area contributed by atoms with Crippen molar-refractivity contribution in [2.75, 3.05) is 12.4 Å². The first-order valence-corrected chi connectivity index (χ1v) is 9.20. The normalized spacial score (nSPS) is 19.3. The number of carbonyl (C=O) groups is 2. The molecule has 1 aromatic heterocycles. The van der Waals surface area contributed by atoms with Gasteiger partial charge in [-0.15, -0.1) is 0 Å². The summed E-state index contributed by atoms with van der Waals surface area (Å²) in [6.07, 6.45) is 2.82. The summed E-state index contributed by atoms with van der Waals surface area (Å²) in [5.41, 5.74) is 1.03. The molecule has 0 atom stereocenters. The first kappa shape index (κ1) is 18.9. The second-order valence-electron chi connectivity index (χ2n) is 6.93. The van der Waals surface area contributed by atoms with Gasteiger partial charge in [-0.05, 0) is 50.3 Å². The van der Waals surface area contributed by atoms with Crippen molar-refractivity contribution in [2.45, 2.75) is 39.2 Å². The topological polar surface area (TPSA) is 93.5 Å². The van der Waals surface area contributed by atoms with Crippen LogP contribution in [0.2, 0.25) is 0 Å². The van der Waals surface area contributed by atoms with Crippen LogP contribution in [0.1, 0.15) is 37.0 Å². The highest BCUT2D eigenvalue weighted by molar-refractivity contribution is 5.91. The van der Waals surface area contributed by atoms with Crippen molar-refractivity contribution in [3.8, 4) is 5.75 Å². The molecule has 1 aliphatic rings. The fourth-order valence-electron chi connectivity index (χ4n) is 3.35. The van der Waals surface area contributed by atoms with Gasteiger partial charge in [0.25, 0.3) is 0 Å². The predicted octanol–water partition coefficient (Wildman–Crippen LogP) is 3.05. The first-order valence-electron chi connectivity index (χ1n) is 9.20. The van der Waals surface area contributed by atoms with Gasteiger partial charge in [-0.3, -0.25) is 9.59 Å². The van der Waals surface area contributed by atoms with Crippen LogP contribution in [0.25, 0.3) is 0 Å². The van der Waals surface area contributed by atoms with Gasteiger partial charge in [-0.1, -0.05) is 17.3 Å². The van der Waals surface area contributed by atoms with Crippen LogP contribution in [-0.4, -0.2) is 24.1 Å². The summed E-state index contributed by atoms with van der Waals surface area (Å²) in [7, 11) is 1.63. The maximum Gasteiger partial charge on any atom is 0.228 e. The van der Waals surface area contributed by atoms with Crippen LogP contribution in [0.4, 0.5) is 5.82 Å². The van der Waals surface area contributed by atoms with Gasteiger partial charge in [0.05, 0.1) is 7.11 Å². The minimum absolute atomic E-state index is 0.0402. The van der Waals surface area contributed by atoms with E-state index in [1.807, 2.05) is 24.3 Å². The summed E-state index contributed by atoms with van der Waals surface area (Å²) in [5.74, 6) is 1.76. The van der Waals surface area contributed by atoms with E-state index in [1.54, 1.807) is 20.1 Å². The Morgan fingerprint density at radius 3 is 2.30 bits per heavy atom. The molecule has 2 aromatic rings. The molecule has 0 unspecified atom stereocenters. The number of anilines is 1. The summed E-state index contributed by atoms with van der Waals surface area (Å²) in [5, 5.41) is 9.55. The zero-order chi connectivity index (χ0) is 19.2. The average Bonchev–Trinajstić information content (AvgIpc) is 3.11. The molecular weight excluding hydrogens is 346 g/mol. The molecule has 1 fully saturated rings. The van der Waals surface area contributed by atoms with E-state index < -0.39 is 0 Å². The van der Waals surface area contributed by atoms with E-state index in [9.17, 15) is 9.59 Å². The molecule has 144 valence electrons. The van der Waals surface area contributed by atoms with Crippen LogP contribution in [0.15, 0.2) is 34.9 Å². The lowest BCUT2D eigenvalue weighted by molar-refractivity contribution is -0.128. The van der Waals surface area contributed by atoms with Crippen molar-refractivity contribution in [1.82, 2.24) is 10.5 Å². The van der Waals surface area contributed by atoms with Crippen molar-refractivity contribution in [2.24, 2.45) is 11.8 Å². The third-order valence-electron chi connectivity index (χ3n) is 4.97. The van der Waals surface area contributed by atoms with Crippen molar-refractivity contribution >= 4 is 17.6 Å². The number of nitrogens with zero attached hydrogens (tertiary/aromatic N) is 1. The number of rotatable bonds is 6. The van der Waals surface area contributed by atoms with Gasteiger partial charge in [-0.25, -0.2) is 0 Å². The molecule has 7 heteroatoms. The number of aromatic nitrogens is 1. The number of aryl methyl sites for hydroxylation is 1. The number of methoxy groups -OCH3 is 1.